The van der Waals surface area contributed by atoms with Crippen molar-refractivity contribution in [1.82, 2.24) is 9.97 Å². The van der Waals surface area contributed by atoms with Gasteiger partial charge in [0.1, 0.15) is 26.9 Å². The zero-order valence-electron chi connectivity index (χ0n) is 8.66. The average Bonchev–Trinajstić information content (AvgIpc) is 2.71. The first kappa shape index (κ1) is 10.0. The molecule has 0 saturated carbocycles. The quantitative estimate of drug-likeness (QED) is 0.690. The number of benzene rings is 1. The van der Waals surface area contributed by atoms with Crippen molar-refractivity contribution in [3.8, 4) is 22.1 Å². The van der Waals surface area contributed by atoms with E-state index in [1.807, 2.05) is 12.1 Å². The maximum Gasteiger partial charge on any atom is 0.143 e. The first-order chi connectivity index (χ1) is 8.22. The Morgan fingerprint density at radius 3 is 2.53 bits per heavy atom. The molecule has 4 nitrogen and oxygen atoms in total. The van der Waals surface area contributed by atoms with Gasteiger partial charge in [0.25, 0.3) is 0 Å². The third-order valence-corrected chi connectivity index (χ3v) is 3.34. The molecule has 0 bridgehead atoms. The summed E-state index contributed by atoms with van der Waals surface area (Å²) < 4.78 is 0. The van der Waals surface area contributed by atoms with Gasteiger partial charge < -0.3 is 10.2 Å². The summed E-state index contributed by atoms with van der Waals surface area (Å²) in [5.74, 6) is 0.0411. The molecule has 0 aliphatic rings. The fourth-order valence-corrected chi connectivity index (χ4v) is 2.51. The second-order valence-corrected chi connectivity index (χ2v) is 4.56. The largest absolute Gasteiger partial charge is 0.508 e. The third-order valence-electron chi connectivity index (χ3n) is 2.32. The minimum absolute atomic E-state index is 0.0206. The van der Waals surface area contributed by atoms with Crippen molar-refractivity contribution in [3.05, 3.63) is 36.5 Å². The van der Waals surface area contributed by atoms with Crippen LogP contribution in [-0.4, -0.2) is 20.2 Å². The van der Waals surface area contributed by atoms with Crippen LogP contribution in [0.3, 0.4) is 0 Å². The number of aromatic hydroxyl groups is 2. The number of hydrogen-bond acceptors (Lipinski definition) is 5. The molecule has 0 unspecified atom stereocenters. The highest BCUT2D eigenvalue weighted by Gasteiger charge is 2.08. The van der Waals surface area contributed by atoms with Gasteiger partial charge in [0.05, 0.1) is 0 Å². The summed E-state index contributed by atoms with van der Waals surface area (Å²) in [6, 6.07) is 8.13. The molecule has 2 N–H and O–H groups in total. The summed E-state index contributed by atoms with van der Waals surface area (Å²) in [7, 11) is 0. The van der Waals surface area contributed by atoms with Gasteiger partial charge in [0, 0.05) is 17.8 Å². The van der Waals surface area contributed by atoms with Crippen LogP contribution >= 0.6 is 11.3 Å². The lowest BCUT2D eigenvalue weighted by molar-refractivity contribution is 0.451. The third kappa shape index (κ3) is 1.81. The van der Waals surface area contributed by atoms with Crippen LogP contribution in [0, 0.1) is 0 Å². The molecule has 0 aliphatic carbocycles. The molecule has 1 aromatic carbocycles. The highest BCUT2D eigenvalue weighted by atomic mass is 32.1. The second kappa shape index (κ2) is 3.71. The molecule has 0 spiro atoms. The van der Waals surface area contributed by atoms with Crippen molar-refractivity contribution in [2.75, 3.05) is 0 Å². The van der Waals surface area contributed by atoms with Crippen molar-refractivity contribution in [1.29, 1.82) is 0 Å². The molecule has 0 atom stereocenters. The molecule has 3 rings (SSSR count). The molecular weight excluding hydrogens is 236 g/mol. The molecule has 2 heterocycles. The van der Waals surface area contributed by atoms with Crippen LogP contribution in [0.4, 0.5) is 0 Å². The summed E-state index contributed by atoms with van der Waals surface area (Å²) in [6.45, 7) is 0. The molecular formula is C12H8N2O2S. The zero-order valence-corrected chi connectivity index (χ0v) is 9.48. The maximum atomic E-state index is 9.43. The number of fused-ring (bicyclic) bond motifs is 1. The van der Waals surface area contributed by atoms with Crippen LogP contribution in [0.2, 0.25) is 0 Å². The maximum absolute atomic E-state index is 9.43. The number of nitrogens with zero attached hydrogens (tertiary/aromatic N) is 2. The van der Waals surface area contributed by atoms with Crippen LogP contribution in [0.1, 0.15) is 0 Å². The van der Waals surface area contributed by atoms with Gasteiger partial charge in [0.15, 0.2) is 0 Å². The van der Waals surface area contributed by atoms with E-state index < -0.39 is 0 Å². The molecule has 5 heteroatoms. The number of thiazole rings is 1. The van der Waals surface area contributed by atoms with Crippen LogP contribution in [-0.2, 0) is 0 Å². The van der Waals surface area contributed by atoms with E-state index in [4.69, 9.17) is 0 Å². The number of hydrogen-bond donors (Lipinski definition) is 2. The molecule has 84 valence electrons. The monoisotopic (exact) mass is 244 g/mol. The highest BCUT2D eigenvalue weighted by molar-refractivity contribution is 7.21. The Hall–Kier alpha value is -2.14. The van der Waals surface area contributed by atoms with Crippen LogP contribution in [0.25, 0.3) is 20.9 Å². The molecule has 17 heavy (non-hydrogen) atoms. The van der Waals surface area contributed by atoms with Crippen molar-refractivity contribution >= 4 is 21.7 Å². The van der Waals surface area contributed by atoms with E-state index >= 15 is 0 Å². The second-order valence-electron chi connectivity index (χ2n) is 3.58. The fourth-order valence-electron chi connectivity index (χ4n) is 1.61. The molecule has 0 aliphatic heterocycles. The van der Waals surface area contributed by atoms with Crippen molar-refractivity contribution in [2.45, 2.75) is 0 Å². The predicted octanol–water partition coefficient (Wildman–Crippen LogP) is 2.77. The van der Waals surface area contributed by atoms with Crippen molar-refractivity contribution < 1.29 is 10.2 Å². The minimum Gasteiger partial charge on any atom is -0.508 e. The van der Waals surface area contributed by atoms with Gasteiger partial charge in [-0.05, 0) is 24.3 Å². The number of rotatable bonds is 1. The normalized spacial score (nSPS) is 10.8. The molecule has 0 amide bonds. The Morgan fingerprint density at radius 1 is 1.06 bits per heavy atom. The lowest BCUT2D eigenvalue weighted by Gasteiger charge is -1.98. The van der Waals surface area contributed by atoms with Gasteiger partial charge in [-0.1, -0.05) is 11.3 Å². The number of phenols is 2. The Labute approximate surface area is 101 Å². The Kier molecular flexibility index (Phi) is 2.19. The summed E-state index contributed by atoms with van der Waals surface area (Å²) >= 11 is 1.42. The number of pyridine rings is 1. The van der Waals surface area contributed by atoms with Crippen molar-refractivity contribution in [3.63, 3.8) is 0 Å². The SMILES string of the molecule is Oc1cc(O)cc(-c2nc3cccnc3s2)c1. The van der Waals surface area contributed by atoms with Gasteiger partial charge in [0.2, 0.25) is 0 Å². The molecule has 0 saturated heterocycles. The molecule has 3 aromatic rings. The van der Waals surface area contributed by atoms with E-state index in [2.05, 4.69) is 9.97 Å². The lowest BCUT2D eigenvalue weighted by Crippen LogP contribution is -1.76. The zero-order chi connectivity index (χ0) is 11.8. The average molecular weight is 244 g/mol. The lowest BCUT2D eigenvalue weighted by atomic mass is 10.2. The Balaban J connectivity index is 2.20. The Morgan fingerprint density at radius 2 is 1.82 bits per heavy atom. The summed E-state index contributed by atoms with van der Waals surface area (Å²) in [5, 5.41) is 19.6. The summed E-state index contributed by atoms with van der Waals surface area (Å²) in [6.07, 6.45) is 1.71. The van der Waals surface area contributed by atoms with Crippen LogP contribution in [0.15, 0.2) is 36.5 Å². The molecule has 0 fully saturated rings. The van der Waals surface area contributed by atoms with Gasteiger partial charge >= 0.3 is 0 Å². The van der Waals surface area contributed by atoms with Crippen LogP contribution in [0.5, 0.6) is 11.5 Å². The standard InChI is InChI=1S/C12H8N2O2S/c15-8-4-7(5-9(16)6-8)11-14-10-2-1-3-13-12(10)17-11/h1-6,15-16H. The Bertz CT molecular complexity index is 641. The van der Waals surface area contributed by atoms with E-state index in [1.165, 1.54) is 17.4 Å². The smallest absolute Gasteiger partial charge is 0.143 e. The van der Waals surface area contributed by atoms with Gasteiger partial charge in [-0.3, -0.25) is 0 Å². The number of aromatic nitrogens is 2. The van der Waals surface area contributed by atoms with E-state index in [9.17, 15) is 10.2 Å². The van der Waals surface area contributed by atoms with Gasteiger partial charge in [-0.2, -0.15) is 0 Å². The topological polar surface area (TPSA) is 66.2 Å². The van der Waals surface area contributed by atoms with E-state index in [-0.39, 0.29) is 11.5 Å². The van der Waals surface area contributed by atoms with E-state index in [0.717, 1.165) is 15.4 Å². The van der Waals surface area contributed by atoms with Gasteiger partial charge in [-0.25, -0.2) is 9.97 Å². The van der Waals surface area contributed by atoms with Gasteiger partial charge in [-0.15, -0.1) is 0 Å². The van der Waals surface area contributed by atoms with Crippen molar-refractivity contribution in [2.24, 2.45) is 0 Å². The van der Waals surface area contributed by atoms with E-state index in [0.29, 0.717) is 5.56 Å². The number of phenolic OH excluding ortho intramolecular Hbond substituents is 2. The summed E-state index contributed by atoms with van der Waals surface area (Å²) in [5.41, 5.74) is 1.50. The molecule has 0 radical (unpaired) electrons. The van der Waals surface area contributed by atoms with E-state index in [1.54, 1.807) is 18.3 Å². The fraction of sp³-hybridized carbons (Fsp3) is 0. The minimum atomic E-state index is 0.0206. The van der Waals surface area contributed by atoms with Crippen LogP contribution < -0.4 is 0 Å². The highest BCUT2D eigenvalue weighted by Crippen LogP contribution is 2.33. The molecule has 2 aromatic heterocycles. The predicted molar refractivity (Wildman–Crippen MR) is 66.2 cm³/mol. The first-order valence-corrected chi connectivity index (χ1v) is 5.79. The summed E-state index contributed by atoms with van der Waals surface area (Å²) in [4.78, 5) is 9.44. The first-order valence-electron chi connectivity index (χ1n) is 4.97.